The van der Waals surface area contributed by atoms with Crippen molar-refractivity contribution in [2.75, 3.05) is 5.73 Å². The fraction of sp³-hybridized carbons (Fsp3) is 0.222. The van der Waals surface area contributed by atoms with Crippen molar-refractivity contribution in [1.82, 2.24) is 9.55 Å². The molecule has 0 fully saturated rings. The van der Waals surface area contributed by atoms with Gasteiger partial charge < -0.3 is 10.3 Å². The summed E-state index contributed by atoms with van der Waals surface area (Å²) in [6.07, 6.45) is 0. The van der Waals surface area contributed by atoms with E-state index in [9.17, 15) is 0 Å². The maximum Gasteiger partial charge on any atom is 0.203 e. The lowest BCUT2D eigenvalue weighted by Gasteiger charge is -2.00. The van der Waals surface area contributed by atoms with Crippen LogP contribution in [0.3, 0.4) is 0 Å². The summed E-state index contributed by atoms with van der Waals surface area (Å²) in [7, 11) is 1.88. The van der Waals surface area contributed by atoms with Gasteiger partial charge in [-0.2, -0.15) is 0 Å². The van der Waals surface area contributed by atoms with Gasteiger partial charge in [0.2, 0.25) is 5.28 Å². The van der Waals surface area contributed by atoms with E-state index in [0.717, 1.165) is 22.3 Å². The Hall–Kier alpha value is -1.22. The number of aryl methyl sites for hydroxylation is 2. The summed E-state index contributed by atoms with van der Waals surface area (Å²) < 4.78 is 1.84. The molecular weight excluding hydrogens is 186 g/mol. The highest BCUT2D eigenvalue weighted by molar-refractivity contribution is 6.29. The highest BCUT2D eigenvalue weighted by Gasteiger charge is 2.06. The van der Waals surface area contributed by atoms with Crippen molar-refractivity contribution in [3.05, 3.63) is 23.0 Å². The minimum Gasteiger partial charge on any atom is -0.398 e. The van der Waals surface area contributed by atoms with Gasteiger partial charge in [0.15, 0.2) is 0 Å². The Kier molecular flexibility index (Phi) is 1.70. The van der Waals surface area contributed by atoms with Gasteiger partial charge in [-0.05, 0) is 36.2 Å². The summed E-state index contributed by atoms with van der Waals surface area (Å²) in [5.41, 5.74) is 9.41. The predicted molar refractivity (Wildman–Crippen MR) is 54.9 cm³/mol. The zero-order valence-corrected chi connectivity index (χ0v) is 8.26. The molecule has 0 amide bonds. The molecule has 0 bridgehead atoms. The number of benzene rings is 1. The lowest BCUT2D eigenvalue weighted by molar-refractivity contribution is 0.948. The molecule has 0 aliphatic rings. The molecule has 13 heavy (non-hydrogen) atoms. The lowest BCUT2D eigenvalue weighted by atomic mass is 10.2. The van der Waals surface area contributed by atoms with Crippen LogP contribution in [0.25, 0.3) is 11.0 Å². The molecule has 0 saturated heterocycles. The van der Waals surface area contributed by atoms with Crippen LogP contribution in [0.4, 0.5) is 5.69 Å². The van der Waals surface area contributed by atoms with E-state index in [-0.39, 0.29) is 0 Å². The van der Waals surface area contributed by atoms with Gasteiger partial charge in [0, 0.05) is 12.7 Å². The zero-order chi connectivity index (χ0) is 9.59. The maximum atomic E-state index is 5.87. The first kappa shape index (κ1) is 8.38. The van der Waals surface area contributed by atoms with Crippen molar-refractivity contribution < 1.29 is 0 Å². The van der Waals surface area contributed by atoms with Crippen molar-refractivity contribution in [3.8, 4) is 0 Å². The number of fused-ring (bicyclic) bond motifs is 1. The molecule has 1 heterocycles. The number of nitrogens with two attached hydrogens (primary N) is 1. The Morgan fingerprint density at radius 1 is 1.46 bits per heavy atom. The number of hydrogen-bond acceptors (Lipinski definition) is 2. The number of halogens is 1. The van der Waals surface area contributed by atoms with Gasteiger partial charge in [0.25, 0.3) is 0 Å². The molecule has 0 aliphatic carbocycles. The SMILES string of the molecule is Cc1cc2c(cc1N)nc(Cl)n2C. The Bertz CT molecular complexity index is 473. The second kappa shape index (κ2) is 2.64. The zero-order valence-electron chi connectivity index (χ0n) is 7.50. The van der Waals surface area contributed by atoms with E-state index in [1.54, 1.807) is 0 Å². The van der Waals surface area contributed by atoms with Crippen LogP contribution in [0.5, 0.6) is 0 Å². The molecule has 0 radical (unpaired) electrons. The van der Waals surface area contributed by atoms with E-state index in [1.165, 1.54) is 0 Å². The normalized spacial score (nSPS) is 11.0. The molecule has 4 heteroatoms. The monoisotopic (exact) mass is 195 g/mol. The smallest absolute Gasteiger partial charge is 0.203 e. The summed E-state index contributed by atoms with van der Waals surface area (Å²) in [5.74, 6) is 0. The maximum absolute atomic E-state index is 5.87. The van der Waals surface area contributed by atoms with Gasteiger partial charge in [-0.3, -0.25) is 0 Å². The van der Waals surface area contributed by atoms with E-state index in [0.29, 0.717) is 5.28 Å². The van der Waals surface area contributed by atoms with Crippen molar-refractivity contribution in [2.24, 2.45) is 7.05 Å². The van der Waals surface area contributed by atoms with Crippen molar-refractivity contribution in [2.45, 2.75) is 6.92 Å². The first-order valence-electron chi connectivity index (χ1n) is 3.97. The predicted octanol–water partition coefficient (Wildman–Crippen LogP) is 2.12. The van der Waals surface area contributed by atoms with Crippen LogP contribution in [-0.2, 0) is 7.05 Å². The number of nitrogen functional groups attached to an aromatic ring is 1. The minimum atomic E-state index is 0.486. The summed E-state index contributed by atoms with van der Waals surface area (Å²) >= 11 is 5.87. The van der Waals surface area contributed by atoms with E-state index >= 15 is 0 Å². The Morgan fingerprint density at radius 3 is 2.85 bits per heavy atom. The molecule has 1 aromatic carbocycles. The molecule has 0 saturated carbocycles. The Morgan fingerprint density at radius 2 is 2.15 bits per heavy atom. The van der Waals surface area contributed by atoms with Crippen LogP contribution in [0.1, 0.15) is 5.56 Å². The van der Waals surface area contributed by atoms with Gasteiger partial charge in [0.05, 0.1) is 11.0 Å². The third kappa shape index (κ3) is 1.16. The van der Waals surface area contributed by atoms with Crippen molar-refractivity contribution >= 4 is 28.3 Å². The number of imidazole rings is 1. The topological polar surface area (TPSA) is 43.8 Å². The number of aromatic nitrogens is 2. The quantitative estimate of drug-likeness (QED) is 0.655. The molecule has 3 nitrogen and oxygen atoms in total. The average Bonchev–Trinajstić information content (AvgIpc) is 2.32. The third-order valence-corrected chi connectivity index (χ3v) is 2.55. The Balaban J connectivity index is 2.89. The number of hydrogen-bond donors (Lipinski definition) is 1. The van der Waals surface area contributed by atoms with E-state index in [4.69, 9.17) is 17.3 Å². The van der Waals surface area contributed by atoms with Gasteiger partial charge in [0.1, 0.15) is 0 Å². The summed E-state index contributed by atoms with van der Waals surface area (Å²) in [6.45, 7) is 1.97. The summed E-state index contributed by atoms with van der Waals surface area (Å²) in [5, 5.41) is 0.486. The van der Waals surface area contributed by atoms with Crippen molar-refractivity contribution in [1.29, 1.82) is 0 Å². The van der Waals surface area contributed by atoms with E-state index < -0.39 is 0 Å². The standard InChI is InChI=1S/C9H10ClN3/c1-5-3-8-7(4-6(5)11)12-9(10)13(8)2/h3-4H,11H2,1-2H3. The van der Waals surface area contributed by atoms with Crippen LogP contribution >= 0.6 is 11.6 Å². The number of rotatable bonds is 0. The lowest BCUT2D eigenvalue weighted by Crippen LogP contribution is -1.91. The van der Waals surface area contributed by atoms with Crippen LogP contribution in [0, 0.1) is 6.92 Å². The van der Waals surface area contributed by atoms with Crippen LogP contribution in [-0.4, -0.2) is 9.55 Å². The summed E-state index contributed by atoms with van der Waals surface area (Å²) in [6, 6.07) is 3.83. The van der Waals surface area contributed by atoms with E-state index in [1.807, 2.05) is 30.7 Å². The van der Waals surface area contributed by atoms with E-state index in [2.05, 4.69) is 4.98 Å². The molecular formula is C9H10ClN3. The molecule has 2 N–H and O–H groups in total. The molecule has 68 valence electrons. The molecule has 0 unspecified atom stereocenters. The van der Waals surface area contributed by atoms with Crippen LogP contribution < -0.4 is 5.73 Å². The highest BCUT2D eigenvalue weighted by Crippen LogP contribution is 2.23. The molecule has 0 spiro atoms. The first-order chi connectivity index (χ1) is 6.09. The van der Waals surface area contributed by atoms with Gasteiger partial charge >= 0.3 is 0 Å². The van der Waals surface area contributed by atoms with Crippen LogP contribution in [0.15, 0.2) is 12.1 Å². The summed E-state index contributed by atoms with van der Waals surface area (Å²) in [4.78, 5) is 4.16. The third-order valence-electron chi connectivity index (χ3n) is 2.21. The van der Waals surface area contributed by atoms with Gasteiger partial charge in [-0.1, -0.05) is 0 Å². The highest BCUT2D eigenvalue weighted by atomic mass is 35.5. The molecule has 1 aromatic heterocycles. The second-order valence-corrected chi connectivity index (χ2v) is 3.48. The average molecular weight is 196 g/mol. The molecule has 2 aromatic rings. The molecule has 0 aliphatic heterocycles. The fourth-order valence-corrected chi connectivity index (χ4v) is 1.51. The minimum absolute atomic E-state index is 0.486. The first-order valence-corrected chi connectivity index (χ1v) is 4.35. The Labute approximate surface area is 81.1 Å². The largest absolute Gasteiger partial charge is 0.398 e. The fourth-order valence-electron chi connectivity index (χ4n) is 1.33. The second-order valence-electron chi connectivity index (χ2n) is 3.14. The van der Waals surface area contributed by atoms with Gasteiger partial charge in [-0.25, -0.2) is 4.98 Å². The molecule has 0 atom stereocenters. The number of anilines is 1. The number of nitrogens with zero attached hydrogens (tertiary/aromatic N) is 2. The van der Waals surface area contributed by atoms with Gasteiger partial charge in [-0.15, -0.1) is 0 Å². The van der Waals surface area contributed by atoms with Crippen LogP contribution in [0.2, 0.25) is 5.28 Å². The van der Waals surface area contributed by atoms with Crippen molar-refractivity contribution in [3.63, 3.8) is 0 Å². The molecule has 2 rings (SSSR count).